The Labute approximate surface area is 96.8 Å². The van der Waals surface area contributed by atoms with Crippen LogP contribution in [0.15, 0.2) is 12.1 Å². The van der Waals surface area contributed by atoms with Crippen LogP contribution in [0.1, 0.15) is 19.4 Å². The summed E-state index contributed by atoms with van der Waals surface area (Å²) in [5.41, 5.74) is -1.14. The Morgan fingerprint density at radius 2 is 1.94 bits per heavy atom. The third-order valence-corrected chi connectivity index (χ3v) is 2.59. The third kappa shape index (κ3) is 2.70. The highest BCUT2D eigenvalue weighted by Gasteiger charge is 2.29. The first-order valence-electron chi connectivity index (χ1n) is 4.61. The van der Waals surface area contributed by atoms with Crippen LogP contribution in [0, 0.1) is 17.0 Å². The van der Waals surface area contributed by atoms with Crippen molar-refractivity contribution in [1.29, 1.82) is 0 Å². The van der Waals surface area contributed by atoms with Gasteiger partial charge in [0, 0.05) is 0 Å². The van der Waals surface area contributed by atoms with Crippen LogP contribution >= 0.6 is 11.6 Å². The Balaban J connectivity index is 3.07. The highest BCUT2D eigenvalue weighted by Crippen LogP contribution is 2.26. The second-order valence-corrected chi connectivity index (χ2v) is 4.63. The molecule has 0 radical (unpaired) electrons. The monoisotopic (exact) mass is 248 g/mol. The van der Waals surface area contributed by atoms with Crippen molar-refractivity contribution in [3.05, 3.63) is 34.4 Å². The fourth-order valence-electron chi connectivity index (χ4n) is 1.25. The van der Waals surface area contributed by atoms with E-state index in [2.05, 4.69) is 0 Å². The third-order valence-electron chi connectivity index (χ3n) is 2.30. The lowest BCUT2D eigenvalue weighted by molar-refractivity contribution is -0.146. The molecule has 0 fully saturated rings. The minimum absolute atomic E-state index is 0.00861. The lowest BCUT2D eigenvalue weighted by atomic mass is 9.86. The van der Waals surface area contributed by atoms with Crippen LogP contribution in [0.4, 0.5) is 8.78 Å². The Kier molecular flexibility index (Phi) is 3.53. The van der Waals surface area contributed by atoms with Crippen molar-refractivity contribution in [2.24, 2.45) is 5.41 Å². The van der Waals surface area contributed by atoms with Crippen molar-refractivity contribution >= 4 is 17.6 Å². The average Bonchev–Trinajstić information content (AvgIpc) is 2.13. The number of halogens is 3. The zero-order valence-corrected chi connectivity index (χ0v) is 9.61. The summed E-state index contributed by atoms with van der Waals surface area (Å²) < 4.78 is 26.5. The van der Waals surface area contributed by atoms with Gasteiger partial charge in [0.05, 0.1) is 10.4 Å². The summed E-state index contributed by atoms with van der Waals surface area (Å²) in [4.78, 5) is 10.8. The fraction of sp³-hybridized carbons (Fsp3) is 0.364. The molecule has 0 atom stereocenters. The van der Waals surface area contributed by atoms with Gasteiger partial charge in [-0.25, -0.2) is 8.78 Å². The maximum absolute atomic E-state index is 13.4. The topological polar surface area (TPSA) is 37.3 Å². The van der Waals surface area contributed by atoms with Gasteiger partial charge in [-0.15, -0.1) is 0 Å². The molecule has 88 valence electrons. The van der Waals surface area contributed by atoms with Crippen LogP contribution in [0.25, 0.3) is 0 Å². The van der Waals surface area contributed by atoms with Crippen molar-refractivity contribution in [3.8, 4) is 0 Å². The maximum Gasteiger partial charge on any atom is 0.309 e. The van der Waals surface area contributed by atoms with Gasteiger partial charge in [0.2, 0.25) is 0 Å². The normalized spacial score (nSPS) is 11.6. The van der Waals surface area contributed by atoms with E-state index in [9.17, 15) is 13.6 Å². The molecule has 1 aromatic carbocycles. The number of hydrogen-bond acceptors (Lipinski definition) is 1. The number of carbonyl (C=O) groups is 1. The molecule has 0 amide bonds. The van der Waals surface area contributed by atoms with Crippen molar-refractivity contribution < 1.29 is 18.7 Å². The van der Waals surface area contributed by atoms with E-state index in [1.165, 1.54) is 13.8 Å². The largest absolute Gasteiger partial charge is 0.481 e. The number of rotatable bonds is 3. The van der Waals surface area contributed by atoms with Crippen LogP contribution < -0.4 is 0 Å². The number of benzene rings is 1. The molecular formula is C11H11ClF2O2. The Morgan fingerprint density at radius 3 is 2.44 bits per heavy atom. The first-order chi connectivity index (χ1) is 7.24. The summed E-state index contributed by atoms with van der Waals surface area (Å²) in [7, 11) is 0. The van der Waals surface area contributed by atoms with Crippen molar-refractivity contribution in [1.82, 2.24) is 0 Å². The summed E-state index contributed by atoms with van der Waals surface area (Å²) in [5.74, 6) is -2.51. The lowest BCUT2D eigenvalue weighted by Gasteiger charge is -2.19. The van der Waals surface area contributed by atoms with Gasteiger partial charge in [0.1, 0.15) is 11.6 Å². The van der Waals surface area contributed by atoms with Crippen LogP contribution in [0.3, 0.4) is 0 Å². The highest BCUT2D eigenvalue weighted by atomic mass is 35.5. The second-order valence-electron chi connectivity index (χ2n) is 4.22. The molecule has 1 aromatic rings. The molecule has 0 aliphatic carbocycles. The van der Waals surface area contributed by atoms with E-state index in [4.69, 9.17) is 16.7 Å². The first-order valence-corrected chi connectivity index (χ1v) is 4.98. The van der Waals surface area contributed by atoms with Crippen LogP contribution in [-0.4, -0.2) is 11.1 Å². The van der Waals surface area contributed by atoms with E-state index in [0.717, 1.165) is 12.1 Å². The summed E-state index contributed by atoms with van der Waals surface area (Å²) in [6.07, 6.45) is -0.0950. The molecule has 5 heteroatoms. The van der Waals surface area contributed by atoms with Crippen LogP contribution in [0.2, 0.25) is 5.02 Å². The number of carboxylic acid groups (broad SMARTS) is 1. The van der Waals surface area contributed by atoms with E-state index < -0.39 is 23.0 Å². The van der Waals surface area contributed by atoms with Crippen molar-refractivity contribution in [2.75, 3.05) is 0 Å². The van der Waals surface area contributed by atoms with E-state index in [1.54, 1.807) is 0 Å². The van der Waals surface area contributed by atoms with Gasteiger partial charge in [-0.05, 0) is 38.0 Å². The predicted molar refractivity (Wildman–Crippen MR) is 56.5 cm³/mol. The van der Waals surface area contributed by atoms with Crippen LogP contribution in [-0.2, 0) is 11.2 Å². The summed E-state index contributed by atoms with van der Waals surface area (Å²) in [6, 6.07) is 1.78. The fourth-order valence-corrected chi connectivity index (χ4v) is 1.40. The van der Waals surface area contributed by atoms with E-state index in [-0.39, 0.29) is 17.0 Å². The molecule has 0 bridgehead atoms. The van der Waals surface area contributed by atoms with Crippen molar-refractivity contribution in [3.63, 3.8) is 0 Å². The molecule has 0 heterocycles. The molecule has 0 saturated heterocycles. The summed E-state index contributed by atoms with van der Waals surface area (Å²) >= 11 is 5.39. The van der Waals surface area contributed by atoms with Gasteiger partial charge in [0.15, 0.2) is 0 Å². The first kappa shape index (κ1) is 12.9. The number of hydrogen-bond donors (Lipinski definition) is 1. The van der Waals surface area contributed by atoms with Gasteiger partial charge in [-0.1, -0.05) is 11.6 Å². The van der Waals surface area contributed by atoms with E-state index in [1.807, 2.05) is 0 Å². The Morgan fingerprint density at radius 1 is 1.38 bits per heavy atom. The van der Waals surface area contributed by atoms with Crippen LogP contribution in [0.5, 0.6) is 0 Å². The smallest absolute Gasteiger partial charge is 0.309 e. The lowest BCUT2D eigenvalue weighted by Crippen LogP contribution is -2.26. The SMILES string of the molecule is CC(C)(Cc1cc(F)c(Cl)cc1F)C(=O)O. The second kappa shape index (κ2) is 4.37. The maximum atomic E-state index is 13.4. The standard InChI is InChI=1S/C11H11ClF2O2/c1-11(2,10(15)16)5-6-3-9(14)7(12)4-8(6)13/h3-4H,5H2,1-2H3,(H,15,16). The van der Waals surface area contributed by atoms with Gasteiger partial charge < -0.3 is 5.11 Å². The van der Waals surface area contributed by atoms with Gasteiger partial charge in [0.25, 0.3) is 0 Å². The van der Waals surface area contributed by atoms with Crippen molar-refractivity contribution in [2.45, 2.75) is 20.3 Å². The zero-order chi connectivity index (χ0) is 12.5. The molecule has 0 unspecified atom stereocenters. The molecule has 0 aliphatic rings. The number of aliphatic carboxylic acids is 1. The Hall–Kier alpha value is -1.16. The Bertz CT molecular complexity index is 430. The highest BCUT2D eigenvalue weighted by molar-refractivity contribution is 6.30. The zero-order valence-electron chi connectivity index (χ0n) is 8.85. The van der Waals surface area contributed by atoms with Gasteiger partial charge >= 0.3 is 5.97 Å². The molecule has 0 spiro atoms. The van der Waals surface area contributed by atoms with E-state index >= 15 is 0 Å². The molecule has 16 heavy (non-hydrogen) atoms. The average molecular weight is 249 g/mol. The van der Waals surface area contributed by atoms with Gasteiger partial charge in [-0.2, -0.15) is 0 Å². The molecule has 2 nitrogen and oxygen atoms in total. The summed E-state index contributed by atoms with van der Waals surface area (Å²) in [5, 5.41) is 8.56. The minimum atomic E-state index is -1.15. The van der Waals surface area contributed by atoms with Gasteiger partial charge in [-0.3, -0.25) is 4.79 Å². The molecule has 0 aromatic heterocycles. The molecule has 1 N–H and O–H groups in total. The molecular weight excluding hydrogens is 238 g/mol. The minimum Gasteiger partial charge on any atom is -0.481 e. The quantitative estimate of drug-likeness (QED) is 0.834. The predicted octanol–water partition coefficient (Wildman–Crippen LogP) is 3.27. The number of carboxylic acids is 1. The molecule has 0 aliphatic heterocycles. The molecule has 0 saturated carbocycles. The summed E-state index contributed by atoms with van der Waals surface area (Å²) in [6.45, 7) is 2.89. The van der Waals surface area contributed by atoms with E-state index in [0.29, 0.717) is 0 Å². The molecule has 1 rings (SSSR count).